The number of ether oxygens (including phenoxy) is 1. The Morgan fingerprint density at radius 2 is 2.45 bits per heavy atom. The van der Waals surface area contributed by atoms with Crippen molar-refractivity contribution in [3.63, 3.8) is 0 Å². The molecule has 1 aromatic heterocycles. The molecule has 0 radical (unpaired) electrons. The Balaban J connectivity index is 1.41. The zero-order chi connectivity index (χ0) is 15.2. The third-order valence-electron chi connectivity index (χ3n) is 5.57. The zero-order valence-corrected chi connectivity index (χ0v) is 13.1. The Morgan fingerprint density at radius 3 is 3.18 bits per heavy atom. The molecule has 0 aromatic carbocycles. The predicted octanol–water partition coefficient (Wildman–Crippen LogP) is 0.710. The number of aryl methyl sites for hydroxylation is 1. The van der Waals surface area contributed by atoms with Gasteiger partial charge in [-0.05, 0) is 25.5 Å². The average Bonchev–Trinajstić information content (AvgIpc) is 3.23. The molecule has 1 amide bonds. The summed E-state index contributed by atoms with van der Waals surface area (Å²) >= 11 is 0. The number of hydrogen-bond acceptors (Lipinski definition) is 4. The van der Waals surface area contributed by atoms with Gasteiger partial charge in [0.25, 0.3) is 0 Å². The molecule has 3 fully saturated rings. The Kier molecular flexibility index (Phi) is 3.46. The molecule has 120 valence electrons. The summed E-state index contributed by atoms with van der Waals surface area (Å²) in [6.45, 7) is 4.89. The van der Waals surface area contributed by atoms with E-state index in [0.29, 0.717) is 12.3 Å². The first-order valence-corrected chi connectivity index (χ1v) is 8.24. The number of nitrogens with one attached hydrogen (secondary N) is 1. The van der Waals surface area contributed by atoms with Gasteiger partial charge in [-0.25, -0.2) is 0 Å². The summed E-state index contributed by atoms with van der Waals surface area (Å²) in [4.78, 5) is 14.1. The van der Waals surface area contributed by atoms with Crippen molar-refractivity contribution in [3.8, 4) is 0 Å². The molecule has 3 atom stereocenters. The van der Waals surface area contributed by atoms with Crippen molar-refractivity contribution in [1.82, 2.24) is 20.0 Å². The highest BCUT2D eigenvalue weighted by molar-refractivity contribution is 5.79. The van der Waals surface area contributed by atoms with Crippen LogP contribution in [-0.2, 0) is 16.6 Å². The van der Waals surface area contributed by atoms with Crippen LogP contribution in [0.3, 0.4) is 0 Å². The highest BCUT2D eigenvalue weighted by Crippen LogP contribution is 2.40. The summed E-state index contributed by atoms with van der Waals surface area (Å²) in [7, 11) is 1.98. The van der Waals surface area contributed by atoms with E-state index in [0.717, 1.165) is 45.6 Å². The minimum absolute atomic E-state index is 0.160. The van der Waals surface area contributed by atoms with E-state index in [1.807, 2.05) is 17.9 Å². The van der Waals surface area contributed by atoms with E-state index in [1.54, 1.807) is 0 Å². The monoisotopic (exact) mass is 304 g/mol. The first-order valence-electron chi connectivity index (χ1n) is 8.24. The molecule has 3 aliphatic rings. The fraction of sp³-hybridized carbons (Fsp3) is 0.750. The molecule has 22 heavy (non-hydrogen) atoms. The minimum Gasteiger partial charge on any atom is -0.372 e. The number of hydrogen-bond donors (Lipinski definition) is 1. The maximum absolute atomic E-state index is 11.5. The lowest BCUT2D eigenvalue weighted by Gasteiger charge is -2.26. The number of likely N-dealkylation sites (tertiary alicyclic amines) is 1. The molecule has 3 saturated heterocycles. The summed E-state index contributed by atoms with van der Waals surface area (Å²) in [6.07, 6.45) is 4.95. The van der Waals surface area contributed by atoms with Gasteiger partial charge in [0.15, 0.2) is 0 Å². The lowest BCUT2D eigenvalue weighted by molar-refractivity contribution is -0.119. The normalized spacial score (nSPS) is 35.6. The molecule has 3 aliphatic heterocycles. The van der Waals surface area contributed by atoms with Gasteiger partial charge in [-0.3, -0.25) is 9.48 Å². The van der Waals surface area contributed by atoms with Crippen LogP contribution in [0, 0.1) is 11.3 Å². The first-order chi connectivity index (χ1) is 10.7. The van der Waals surface area contributed by atoms with Crippen LogP contribution in [0.15, 0.2) is 12.3 Å². The number of aromatic nitrogens is 2. The minimum atomic E-state index is 0.160. The lowest BCUT2D eigenvalue weighted by atomic mass is 9.86. The van der Waals surface area contributed by atoms with E-state index >= 15 is 0 Å². The summed E-state index contributed by atoms with van der Waals surface area (Å²) in [5.41, 5.74) is 1.37. The summed E-state index contributed by atoms with van der Waals surface area (Å²) in [5, 5.41) is 7.27. The molecular formula is C16H24N4O2. The van der Waals surface area contributed by atoms with Crippen LogP contribution >= 0.6 is 0 Å². The van der Waals surface area contributed by atoms with E-state index in [9.17, 15) is 4.79 Å². The topological polar surface area (TPSA) is 59.4 Å². The molecule has 4 heterocycles. The van der Waals surface area contributed by atoms with Crippen molar-refractivity contribution in [2.24, 2.45) is 18.4 Å². The molecule has 1 unspecified atom stereocenters. The number of amides is 1. The van der Waals surface area contributed by atoms with E-state index in [2.05, 4.69) is 21.4 Å². The molecular weight excluding hydrogens is 280 g/mol. The standard InChI is InChI=1S/C16H24N4O2/c1-19-13(2-5-18-19)15-12(3-7-22-15)9-20-6-4-16(11-20)8-14(21)17-10-16/h2,5,12,15H,3-4,6-11H2,1H3,(H,17,21)/t12-,15+,16?/m0/s1. The summed E-state index contributed by atoms with van der Waals surface area (Å²) in [6, 6.07) is 2.06. The van der Waals surface area contributed by atoms with Gasteiger partial charge in [-0.15, -0.1) is 0 Å². The molecule has 1 N–H and O–H groups in total. The summed E-state index contributed by atoms with van der Waals surface area (Å²) in [5.74, 6) is 0.745. The molecule has 6 nitrogen and oxygen atoms in total. The second kappa shape index (κ2) is 5.35. The predicted molar refractivity (Wildman–Crippen MR) is 81.1 cm³/mol. The SMILES string of the molecule is Cn1nccc1[C@@H]1OCC[C@H]1CN1CCC2(CNC(=O)C2)C1. The van der Waals surface area contributed by atoms with Gasteiger partial charge < -0.3 is 15.0 Å². The van der Waals surface area contributed by atoms with Gasteiger partial charge in [0, 0.05) is 57.2 Å². The van der Waals surface area contributed by atoms with Gasteiger partial charge in [0.2, 0.25) is 5.91 Å². The summed E-state index contributed by atoms with van der Waals surface area (Å²) < 4.78 is 7.91. The van der Waals surface area contributed by atoms with Crippen molar-refractivity contribution < 1.29 is 9.53 Å². The van der Waals surface area contributed by atoms with Gasteiger partial charge >= 0.3 is 0 Å². The van der Waals surface area contributed by atoms with Crippen LogP contribution in [0.25, 0.3) is 0 Å². The van der Waals surface area contributed by atoms with E-state index in [4.69, 9.17) is 4.74 Å². The van der Waals surface area contributed by atoms with Crippen molar-refractivity contribution >= 4 is 5.91 Å². The van der Waals surface area contributed by atoms with Crippen molar-refractivity contribution in [1.29, 1.82) is 0 Å². The highest BCUT2D eigenvalue weighted by Gasteiger charge is 2.45. The van der Waals surface area contributed by atoms with Crippen LogP contribution in [0.1, 0.15) is 31.1 Å². The molecule has 0 aliphatic carbocycles. The molecule has 4 rings (SSSR count). The van der Waals surface area contributed by atoms with Gasteiger partial charge in [-0.1, -0.05) is 0 Å². The Morgan fingerprint density at radius 1 is 1.55 bits per heavy atom. The van der Waals surface area contributed by atoms with Crippen molar-refractivity contribution in [2.75, 3.05) is 32.8 Å². The second-order valence-electron chi connectivity index (χ2n) is 7.16. The van der Waals surface area contributed by atoms with Crippen LogP contribution in [0.4, 0.5) is 0 Å². The largest absolute Gasteiger partial charge is 0.372 e. The molecule has 1 aromatic rings. The maximum atomic E-state index is 11.5. The van der Waals surface area contributed by atoms with Gasteiger partial charge in [-0.2, -0.15) is 5.10 Å². The number of carbonyl (C=O) groups excluding carboxylic acids is 1. The van der Waals surface area contributed by atoms with Crippen LogP contribution in [0.5, 0.6) is 0 Å². The average molecular weight is 304 g/mol. The molecule has 0 bridgehead atoms. The Labute approximate surface area is 130 Å². The highest BCUT2D eigenvalue weighted by atomic mass is 16.5. The number of rotatable bonds is 3. The van der Waals surface area contributed by atoms with E-state index in [-0.39, 0.29) is 17.4 Å². The quantitative estimate of drug-likeness (QED) is 0.893. The van der Waals surface area contributed by atoms with Crippen LogP contribution < -0.4 is 5.32 Å². The Bertz CT molecular complexity index is 572. The lowest BCUT2D eigenvalue weighted by Crippen LogP contribution is -2.33. The van der Waals surface area contributed by atoms with Crippen LogP contribution in [0.2, 0.25) is 0 Å². The smallest absolute Gasteiger partial charge is 0.220 e. The maximum Gasteiger partial charge on any atom is 0.220 e. The van der Waals surface area contributed by atoms with Gasteiger partial charge in [0.1, 0.15) is 6.10 Å². The third kappa shape index (κ3) is 2.44. The molecule has 0 saturated carbocycles. The van der Waals surface area contributed by atoms with E-state index in [1.165, 1.54) is 5.69 Å². The Hall–Kier alpha value is -1.40. The first kappa shape index (κ1) is 14.2. The fourth-order valence-corrected chi connectivity index (χ4v) is 4.37. The van der Waals surface area contributed by atoms with Crippen molar-refractivity contribution in [2.45, 2.75) is 25.4 Å². The van der Waals surface area contributed by atoms with Gasteiger partial charge in [0.05, 0.1) is 5.69 Å². The molecule has 1 spiro atoms. The fourth-order valence-electron chi connectivity index (χ4n) is 4.37. The third-order valence-corrected chi connectivity index (χ3v) is 5.57. The second-order valence-corrected chi connectivity index (χ2v) is 7.16. The number of carbonyl (C=O) groups is 1. The van der Waals surface area contributed by atoms with Crippen molar-refractivity contribution in [3.05, 3.63) is 18.0 Å². The zero-order valence-electron chi connectivity index (χ0n) is 13.1. The van der Waals surface area contributed by atoms with E-state index < -0.39 is 0 Å². The number of nitrogens with zero attached hydrogens (tertiary/aromatic N) is 3. The molecule has 6 heteroatoms. The van der Waals surface area contributed by atoms with Crippen LogP contribution in [-0.4, -0.2) is 53.4 Å².